The van der Waals surface area contributed by atoms with Gasteiger partial charge in [0.05, 0.1) is 6.20 Å². The van der Waals surface area contributed by atoms with Crippen molar-refractivity contribution in [2.24, 2.45) is 0 Å². The van der Waals surface area contributed by atoms with Crippen LogP contribution in [0.25, 0.3) is 0 Å². The first kappa shape index (κ1) is 6.22. The fourth-order valence-corrected chi connectivity index (χ4v) is 0.521. The average Bonchev–Trinajstić information content (AvgIpc) is 1.89. The summed E-state index contributed by atoms with van der Waals surface area (Å²) in [5.41, 5.74) is 0. The lowest BCUT2D eigenvalue weighted by atomic mass is 10.6. The molecular formula is C4H3ClFN3. The van der Waals surface area contributed by atoms with Crippen molar-refractivity contribution in [2.75, 3.05) is 4.84 Å². The fraction of sp³-hybridized carbons (Fsp3) is 0. The summed E-state index contributed by atoms with van der Waals surface area (Å²) in [6.07, 6.45) is 2.23. The quantitative estimate of drug-likeness (QED) is 0.607. The first-order valence-electron chi connectivity index (χ1n) is 2.16. The summed E-state index contributed by atoms with van der Waals surface area (Å²) in [5, 5.41) is 0. The molecule has 1 heterocycles. The van der Waals surface area contributed by atoms with Gasteiger partial charge in [-0.15, -0.1) is 0 Å². The van der Waals surface area contributed by atoms with Gasteiger partial charge in [0.2, 0.25) is 0 Å². The van der Waals surface area contributed by atoms with Gasteiger partial charge in [-0.3, -0.25) is 4.84 Å². The minimum absolute atomic E-state index is 0.00772. The summed E-state index contributed by atoms with van der Waals surface area (Å²) < 4.78 is 12.3. The third kappa shape index (κ3) is 1.26. The van der Waals surface area contributed by atoms with Crippen molar-refractivity contribution in [1.29, 1.82) is 0 Å². The molecule has 0 aromatic carbocycles. The maximum Gasteiger partial charge on any atom is 0.184 e. The van der Waals surface area contributed by atoms with Gasteiger partial charge < -0.3 is 0 Å². The van der Waals surface area contributed by atoms with Crippen LogP contribution in [0.3, 0.4) is 0 Å². The third-order valence-corrected chi connectivity index (χ3v) is 0.936. The molecule has 0 saturated carbocycles. The van der Waals surface area contributed by atoms with Gasteiger partial charge in [-0.2, -0.15) is 0 Å². The summed E-state index contributed by atoms with van der Waals surface area (Å²) in [6, 6.07) is 0. The summed E-state index contributed by atoms with van der Waals surface area (Å²) in [6.45, 7) is 0. The van der Waals surface area contributed by atoms with E-state index in [-0.39, 0.29) is 5.82 Å². The predicted octanol–water partition coefficient (Wildman–Crippen LogP) is 1.18. The van der Waals surface area contributed by atoms with E-state index in [4.69, 9.17) is 11.8 Å². The van der Waals surface area contributed by atoms with Gasteiger partial charge in [0, 0.05) is 11.8 Å². The lowest BCUT2D eigenvalue weighted by Crippen LogP contribution is -1.90. The van der Waals surface area contributed by atoms with Crippen LogP contribution in [0.2, 0.25) is 0 Å². The Hall–Kier alpha value is -0.900. The van der Waals surface area contributed by atoms with Crippen molar-refractivity contribution < 1.29 is 4.39 Å². The molecule has 1 aromatic rings. The molecule has 0 spiro atoms. The largest absolute Gasteiger partial charge is 0.280 e. The first-order chi connectivity index (χ1) is 4.34. The SMILES string of the molecule is Fc1cncnc1NCl. The van der Waals surface area contributed by atoms with Crippen LogP contribution in [-0.2, 0) is 0 Å². The number of hydrogen-bond acceptors (Lipinski definition) is 3. The fourth-order valence-electron chi connectivity index (χ4n) is 0.382. The standard InChI is InChI=1S/C4H3ClFN3/c5-9-4-3(6)1-7-2-8-4/h1-2H,(H,7,8,9). The van der Waals surface area contributed by atoms with Crippen LogP contribution in [0.5, 0.6) is 0 Å². The topological polar surface area (TPSA) is 37.8 Å². The van der Waals surface area contributed by atoms with Crippen LogP contribution in [-0.4, -0.2) is 9.97 Å². The zero-order valence-electron chi connectivity index (χ0n) is 4.31. The molecule has 0 bridgehead atoms. The van der Waals surface area contributed by atoms with E-state index in [0.29, 0.717) is 0 Å². The lowest BCUT2D eigenvalue weighted by Gasteiger charge is -1.93. The molecule has 0 fully saturated rings. The van der Waals surface area contributed by atoms with E-state index in [1.165, 1.54) is 6.33 Å². The van der Waals surface area contributed by atoms with Gasteiger partial charge >= 0.3 is 0 Å². The van der Waals surface area contributed by atoms with Crippen molar-refractivity contribution in [3.8, 4) is 0 Å². The minimum atomic E-state index is -0.562. The molecule has 3 nitrogen and oxygen atoms in total. The highest BCUT2D eigenvalue weighted by atomic mass is 35.5. The Balaban J connectivity index is 3.01. The molecule has 0 unspecified atom stereocenters. The summed E-state index contributed by atoms with van der Waals surface area (Å²) in [7, 11) is 0. The monoisotopic (exact) mass is 147 g/mol. The normalized spacial score (nSPS) is 9.11. The average molecular weight is 148 g/mol. The molecular weight excluding hydrogens is 145 g/mol. The molecule has 0 amide bonds. The van der Waals surface area contributed by atoms with Crippen LogP contribution in [0.4, 0.5) is 10.2 Å². The van der Waals surface area contributed by atoms with Gasteiger partial charge in [0.25, 0.3) is 0 Å². The molecule has 48 valence electrons. The number of aromatic nitrogens is 2. The van der Waals surface area contributed by atoms with Crippen molar-refractivity contribution in [2.45, 2.75) is 0 Å². The van der Waals surface area contributed by atoms with E-state index in [0.717, 1.165) is 6.20 Å². The predicted molar refractivity (Wildman–Crippen MR) is 31.5 cm³/mol. The van der Waals surface area contributed by atoms with E-state index in [1.807, 2.05) is 4.84 Å². The van der Waals surface area contributed by atoms with Gasteiger partial charge in [0.1, 0.15) is 6.33 Å². The summed E-state index contributed by atoms with van der Waals surface area (Å²) in [5.74, 6) is -0.570. The molecule has 0 radical (unpaired) electrons. The van der Waals surface area contributed by atoms with Crippen LogP contribution < -0.4 is 4.84 Å². The zero-order chi connectivity index (χ0) is 6.69. The molecule has 1 rings (SSSR count). The zero-order valence-corrected chi connectivity index (χ0v) is 5.06. The van der Waals surface area contributed by atoms with Crippen LogP contribution in [0, 0.1) is 5.82 Å². The highest BCUT2D eigenvalue weighted by Gasteiger charge is 1.97. The number of rotatable bonds is 1. The van der Waals surface area contributed by atoms with Gasteiger partial charge in [-0.1, -0.05) is 0 Å². The number of anilines is 1. The number of nitrogens with one attached hydrogen (secondary N) is 1. The molecule has 0 aliphatic rings. The maximum atomic E-state index is 12.3. The smallest absolute Gasteiger partial charge is 0.184 e. The highest BCUT2D eigenvalue weighted by Crippen LogP contribution is 2.06. The number of hydrogen-bond donors (Lipinski definition) is 1. The molecule has 1 aromatic heterocycles. The lowest BCUT2D eigenvalue weighted by molar-refractivity contribution is 0.619. The van der Waals surface area contributed by atoms with E-state index < -0.39 is 5.82 Å². The Bertz CT molecular complexity index is 205. The molecule has 0 atom stereocenters. The van der Waals surface area contributed by atoms with Gasteiger partial charge in [-0.25, -0.2) is 14.4 Å². The van der Waals surface area contributed by atoms with E-state index >= 15 is 0 Å². The first-order valence-corrected chi connectivity index (χ1v) is 2.54. The van der Waals surface area contributed by atoms with Crippen molar-refractivity contribution in [3.05, 3.63) is 18.3 Å². The maximum absolute atomic E-state index is 12.3. The van der Waals surface area contributed by atoms with Crippen LogP contribution >= 0.6 is 11.8 Å². The number of halogens is 2. The molecule has 0 aliphatic carbocycles. The Labute approximate surface area is 56.0 Å². The van der Waals surface area contributed by atoms with E-state index in [9.17, 15) is 4.39 Å². The Morgan fingerprint density at radius 2 is 2.44 bits per heavy atom. The summed E-state index contributed by atoms with van der Waals surface area (Å²) >= 11 is 5.05. The Kier molecular flexibility index (Phi) is 1.79. The van der Waals surface area contributed by atoms with Crippen molar-refractivity contribution in [3.63, 3.8) is 0 Å². The van der Waals surface area contributed by atoms with Crippen molar-refractivity contribution in [1.82, 2.24) is 9.97 Å². The minimum Gasteiger partial charge on any atom is -0.280 e. The summed E-state index contributed by atoms with van der Waals surface area (Å²) in [4.78, 5) is 8.92. The second-order valence-corrected chi connectivity index (χ2v) is 1.50. The van der Waals surface area contributed by atoms with Crippen LogP contribution in [0.1, 0.15) is 0 Å². The number of nitrogens with zero attached hydrogens (tertiary/aromatic N) is 2. The molecule has 1 N–H and O–H groups in total. The third-order valence-electron chi connectivity index (χ3n) is 0.757. The Morgan fingerprint density at radius 3 is 2.89 bits per heavy atom. The second kappa shape index (κ2) is 2.59. The molecule has 9 heavy (non-hydrogen) atoms. The van der Waals surface area contributed by atoms with Gasteiger partial charge in [0.15, 0.2) is 11.6 Å². The molecule has 0 saturated heterocycles. The molecule has 0 aliphatic heterocycles. The van der Waals surface area contributed by atoms with Gasteiger partial charge in [-0.05, 0) is 0 Å². The highest BCUT2D eigenvalue weighted by molar-refractivity contribution is 6.23. The molecule has 5 heteroatoms. The van der Waals surface area contributed by atoms with Crippen LogP contribution in [0.15, 0.2) is 12.5 Å². The Morgan fingerprint density at radius 1 is 1.67 bits per heavy atom. The second-order valence-electron chi connectivity index (χ2n) is 1.31. The van der Waals surface area contributed by atoms with Crippen molar-refractivity contribution >= 4 is 17.6 Å². The van der Waals surface area contributed by atoms with E-state index in [2.05, 4.69) is 9.97 Å². The van der Waals surface area contributed by atoms with E-state index in [1.54, 1.807) is 0 Å².